The molecule has 0 aliphatic carbocycles. The number of anilines is 1. The number of rotatable bonds is 5. The van der Waals surface area contributed by atoms with Crippen LogP contribution in [0.2, 0.25) is 0 Å². The predicted octanol–water partition coefficient (Wildman–Crippen LogP) is 3.59. The molecule has 0 amide bonds. The number of aromatic hydroxyl groups is 1. The number of ketones is 1. The first-order valence-corrected chi connectivity index (χ1v) is 9.24. The molecule has 1 saturated heterocycles. The van der Waals surface area contributed by atoms with E-state index in [0.29, 0.717) is 23.9 Å². The first-order chi connectivity index (χ1) is 13.2. The van der Waals surface area contributed by atoms with E-state index in [-0.39, 0.29) is 11.5 Å². The molecule has 1 fully saturated rings. The Kier molecular flexibility index (Phi) is 5.03. The number of carbonyl (C=O) groups excluding carboxylic acids is 1. The molecule has 0 atom stereocenters. The molecule has 1 N–H and O–H groups in total. The fourth-order valence-electron chi connectivity index (χ4n) is 3.44. The van der Waals surface area contributed by atoms with E-state index in [1.54, 1.807) is 12.3 Å². The van der Waals surface area contributed by atoms with Crippen LogP contribution in [0.1, 0.15) is 22.3 Å². The van der Waals surface area contributed by atoms with Crippen LogP contribution in [0.5, 0.6) is 5.75 Å². The number of aromatic nitrogens is 1. The Morgan fingerprint density at radius 1 is 1.07 bits per heavy atom. The lowest BCUT2D eigenvalue weighted by molar-refractivity contribution is 0.0980. The van der Waals surface area contributed by atoms with Crippen molar-refractivity contribution in [1.29, 1.82) is 0 Å². The fraction of sp³-hybridized carbons (Fsp3) is 0.273. The second-order valence-electron chi connectivity index (χ2n) is 6.73. The standard InChI is InChI=1S/C22H22N2O3/c25-20(19-9-6-17-2-1-11-23-21(17)22(19)26)10-5-16-3-7-18(8-4-16)24-12-14-27-15-13-24/h1-4,6-9,11,26H,5,10,12-15H2. The molecule has 5 heteroatoms. The molecule has 0 spiro atoms. The number of pyridine rings is 1. The van der Waals surface area contributed by atoms with Crippen LogP contribution in [0.15, 0.2) is 54.7 Å². The smallest absolute Gasteiger partial charge is 0.167 e. The topological polar surface area (TPSA) is 62.7 Å². The van der Waals surface area contributed by atoms with Gasteiger partial charge in [0.15, 0.2) is 11.5 Å². The Morgan fingerprint density at radius 2 is 1.85 bits per heavy atom. The highest BCUT2D eigenvalue weighted by Crippen LogP contribution is 2.28. The SMILES string of the molecule is O=C(CCc1ccc(N2CCOCC2)cc1)c1ccc2cccnc2c1O. The van der Waals surface area contributed by atoms with Crippen LogP contribution in [-0.4, -0.2) is 42.2 Å². The van der Waals surface area contributed by atoms with E-state index in [0.717, 1.165) is 37.3 Å². The van der Waals surface area contributed by atoms with Crippen LogP contribution in [0, 0.1) is 0 Å². The van der Waals surface area contributed by atoms with Gasteiger partial charge in [0.25, 0.3) is 0 Å². The lowest BCUT2D eigenvalue weighted by Gasteiger charge is -2.28. The van der Waals surface area contributed by atoms with Crippen LogP contribution in [0.25, 0.3) is 10.9 Å². The molecule has 27 heavy (non-hydrogen) atoms. The van der Waals surface area contributed by atoms with E-state index < -0.39 is 0 Å². The molecule has 138 valence electrons. The molecule has 1 aliphatic heterocycles. The zero-order chi connectivity index (χ0) is 18.6. The molecule has 0 radical (unpaired) electrons. The van der Waals surface area contributed by atoms with Crippen molar-refractivity contribution in [2.24, 2.45) is 0 Å². The second kappa shape index (κ2) is 7.76. The van der Waals surface area contributed by atoms with Gasteiger partial charge in [0.05, 0.1) is 18.8 Å². The molecule has 0 bridgehead atoms. The van der Waals surface area contributed by atoms with E-state index in [9.17, 15) is 9.90 Å². The van der Waals surface area contributed by atoms with Gasteiger partial charge in [-0.3, -0.25) is 9.78 Å². The summed E-state index contributed by atoms with van der Waals surface area (Å²) < 4.78 is 5.38. The number of hydrogen-bond acceptors (Lipinski definition) is 5. The van der Waals surface area contributed by atoms with Gasteiger partial charge < -0.3 is 14.7 Å². The summed E-state index contributed by atoms with van der Waals surface area (Å²) in [6.07, 6.45) is 2.61. The molecular weight excluding hydrogens is 340 g/mol. The van der Waals surface area contributed by atoms with Crippen LogP contribution in [-0.2, 0) is 11.2 Å². The first-order valence-electron chi connectivity index (χ1n) is 9.24. The molecular formula is C22H22N2O3. The Morgan fingerprint density at radius 3 is 2.63 bits per heavy atom. The molecule has 3 aromatic rings. The van der Waals surface area contributed by atoms with E-state index in [1.165, 1.54) is 5.69 Å². The van der Waals surface area contributed by atoms with Gasteiger partial charge in [-0.05, 0) is 36.2 Å². The van der Waals surface area contributed by atoms with Crippen molar-refractivity contribution >= 4 is 22.4 Å². The Hall–Kier alpha value is -2.92. The summed E-state index contributed by atoms with van der Waals surface area (Å²) in [5.74, 6) is -0.0990. The minimum atomic E-state index is -0.0719. The highest BCUT2D eigenvalue weighted by Gasteiger charge is 2.15. The summed E-state index contributed by atoms with van der Waals surface area (Å²) in [6, 6.07) is 15.5. The molecule has 2 aromatic carbocycles. The minimum Gasteiger partial charge on any atom is -0.505 e. The number of benzene rings is 2. The third kappa shape index (κ3) is 3.78. The normalized spacial score (nSPS) is 14.4. The van der Waals surface area contributed by atoms with Crippen molar-refractivity contribution in [3.63, 3.8) is 0 Å². The van der Waals surface area contributed by atoms with Gasteiger partial charge in [-0.25, -0.2) is 0 Å². The highest BCUT2D eigenvalue weighted by atomic mass is 16.5. The third-order valence-corrected chi connectivity index (χ3v) is 5.00. The lowest BCUT2D eigenvalue weighted by Crippen LogP contribution is -2.36. The van der Waals surface area contributed by atoms with E-state index >= 15 is 0 Å². The van der Waals surface area contributed by atoms with Crippen molar-refractivity contribution in [3.05, 3.63) is 65.9 Å². The number of phenols is 1. The number of aryl methyl sites for hydroxylation is 1. The molecule has 1 aromatic heterocycles. The van der Waals surface area contributed by atoms with Crippen LogP contribution in [0.4, 0.5) is 5.69 Å². The van der Waals surface area contributed by atoms with Crippen LogP contribution in [0.3, 0.4) is 0 Å². The zero-order valence-electron chi connectivity index (χ0n) is 15.1. The fourth-order valence-corrected chi connectivity index (χ4v) is 3.44. The monoisotopic (exact) mass is 362 g/mol. The van der Waals surface area contributed by atoms with Crippen LogP contribution < -0.4 is 4.90 Å². The van der Waals surface area contributed by atoms with Crippen molar-refractivity contribution in [2.45, 2.75) is 12.8 Å². The van der Waals surface area contributed by atoms with Gasteiger partial charge in [0, 0.05) is 36.8 Å². The number of phenolic OH excluding ortho intramolecular Hbond substituents is 1. The zero-order valence-corrected chi connectivity index (χ0v) is 15.1. The quantitative estimate of drug-likeness (QED) is 0.703. The van der Waals surface area contributed by atoms with E-state index in [4.69, 9.17) is 4.74 Å². The lowest BCUT2D eigenvalue weighted by atomic mass is 10.0. The van der Waals surface area contributed by atoms with Crippen molar-refractivity contribution in [1.82, 2.24) is 4.98 Å². The van der Waals surface area contributed by atoms with Gasteiger partial charge in [-0.15, -0.1) is 0 Å². The van der Waals surface area contributed by atoms with Gasteiger partial charge in [0.1, 0.15) is 5.52 Å². The Balaban J connectivity index is 1.42. The molecule has 2 heterocycles. The third-order valence-electron chi connectivity index (χ3n) is 5.00. The highest BCUT2D eigenvalue weighted by molar-refractivity contribution is 6.03. The largest absolute Gasteiger partial charge is 0.505 e. The number of carbonyl (C=O) groups is 1. The summed E-state index contributed by atoms with van der Waals surface area (Å²) in [6.45, 7) is 3.35. The molecule has 0 saturated carbocycles. The maximum absolute atomic E-state index is 12.6. The number of morpholine rings is 1. The molecule has 1 aliphatic rings. The maximum atomic E-state index is 12.6. The summed E-state index contributed by atoms with van der Waals surface area (Å²) >= 11 is 0. The summed E-state index contributed by atoms with van der Waals surface area (Å²) in [7, 11) is 0. The van der Waals surface area contributed by atoms with Gasteiger partial charge >= 0.3 is 0 Å². The van der Waals surface area contributed by atoms with Gasteiger partial charge in [-0.1, -0.05) is 24.3 Å². The molecule has 0 unspecified atom stereocenters. The van der Waals surface area contributed by atoms with Crippen molar-refractivity contribution in [2.75, 3.05) is 31.2 Å². The van der Waals surface area contributed by atoms with Crippen molar-refractivity contribution < 1.29 is 14.6 Å². The average Bonchev–Trinajstić information content (AvgIpc) is 2.73. The van der Waals surface area contributed by atoms with E-state index in [1.807, 2.05) is 18.2 Å². The summed E-state index contributed by atoms with van der Waals surface area (Å²) in [4.78, 5) is 19.1. The Bertz CT molecular complexity index is 947. The number of nitrogens with zero attached hydrogens (tertiary/aromatic N) is 2. The number of Topliss-reactive ketones (excluding diaryl/α,β-unsaturated/α-hetero) is 1. The predicted molar refractivity (Wildman–Crippen MR) is 106 cm³/mol. The van der Waals surface area contributed by atoms with Crippen LogP contribution >= 0.6 is 0 Å². The minimum absolute atomic E-state index is 0.0271. The first kappa shape index (κ1) is 17.5. The van der Waals surface area contributed by atoms with Gasteiger partial charge in [-0.2, -0.15) is 0 Å². The van der Waals surface area contributed by atoms with Gasteiger partial charge in [0.2, 0.25) is 0 Å². The maximum Gasteiger partial charge on any atom is 0.167 e. The molecule has 4 rings (SSSR count). The number of fused-ring (bicyclic) bond motifs is 1. The molecule has 5 nitrogen and oxygen atoms in total. The second-order valence-corrected chi connectivity index (χ2v) is 6.73. The summed E-state index contributed by atoms with van der Waals surface area (Å²) in [5, 5.41) is 11.2. The van der Waals surface area contributed by atoms with Crippen molar-refractivity contribution in [3.8, 4) is 5.75 Å². The Labute approximate surface area is 158 Å². The summed E-state index contributed by atoms with van der Waals surface area (Å²) in [5.41, 5.74) is 3.11. The number of ether oxygens (including phenoxy) is 1. The van der Waals surface area contributed by atoms with E-state index in [2.05, 4.69) is 34.1 Å². The average molecular weight is 362 g/mol. The number of hydrogen-bond donors (Lipinski definition) is 1.